The summed E-state index contributed by atoms with van der Waals surface area (Å²) in [6.45, 7) is 2.95. The Morgan fingerprint density at radius 3 is 2.89 bits per heavy atom. The van der Waals surface area contributed by atoms with Crippen molar-refractivity contribution in [2.45, 2.75) is 26.2 Å². The van der Waals surface area contributed by atoms with E-state index in [1.165, 1.54) is 0 Å². The number of rotatable bonds is 1. The number of anilines is 1. The lowest BCUT2D eigenvalue weighted by Crippen LogP contribution is -2.17. The van der Waals surface area contributed by atoms with Gasteiger partial charge < -0.3 is 10.3 Å². The van der Waals surface area contributed by atoms with E-state index < -0.39 is 0 Å². The molecule has 0 unspecified atom stereocenters. The Bertz CT molecular complexity index is 661. The summed E-state index contributed by atoms with van der Waals surface area (Å²) in [5.74, 6) is 0.750. The van der Waals surface area contributed by atoms with E-state index in [4.69, 9.17) is 0 Å². The summed E-state index contributed by atoms with van der Waals surface area (Å²) >= 11 is 0. The number of H-pyrrole nitrogens is 1. The van der Waals surface area contributed by atoms with Gasteiger partial charge in [0.25, 0.3) is 0 Å². The summed E-state index contributed by atoms with van der Waals surface area (Å²) in [4.78, 5) is 18.7. The van der Waals surface area contributed by atoms with E-state index in [-0.39, 0.29) is 5.69 Å². The molecule has 98 valence electrons. The highest BCUT2D eigenvalue weighted by Gasteiger charge is 2.16. The van der Waals surface area contributed by atoms with Gasteiger partial charge in [-0.05, 0) is 31.7 Å². The van der Waals surface area contributed by atoms with E-state index in [1.807, 2.05) is 18.2 Å². The van der Waals surface area contributed by atoms with E-state index in [0.29, 0.717) is 0 Å². The molecule has 1 aromatic heterocycles. The average molecular weight is 255 g/mol. The van der Waals surface area contributed by atoms with Crippen molar-refractivity contribution in [1.82, 2.24) is 9.97 Å². The minimum atomic E-state index is -0.286. The van der Waals surface area contributed by atoms with Gasteiger partial charge in [-0.3, -0.25) is 0 Å². The molecule has 3 rings (SSSR count). The van der Waals surface area contributed by atoms with Crippen molar-refractivity contribution in [1.29, 1.82) is 0 Å². The quantitative estimate of drug-likeness (QED) is 0.823. The van der Waals surface area contributed by atoms with Gasteiger partial charge in [-0.25, -0.2) is 4.79 Å². The first kappa shape index (κ1) is 12.0. The molecule has 0 amide bonds. The number of aromatic nitrogens is 2. The van der Waals surface area contributed by atoms with Crippen LogP contribution in [0.15, 0.2) is 29.1 Å². The molecule has 1 aliphatic rings. The molecule has 2 heterocycles. The summed E-state index contributed by atoms with van der Waals surface area (Å²) < 4.78 is 0. The smallest absolute Gasteiger partial charge is 0.347 e. The zero-order valence-corrected chi connectivity index (χ0v) is 11.0. The summed E-state index contributed by atoms with van der Waals surface area (Å²) in [5.41, 5.74) is 4.01. The lowest BCUT2D eigenvalue weighted by Gasteiger charge is -2.13. The maximum Gasteiger partial charge on any atom is 0.347 e. The van der Waals surface area contributed by atoms with Gasteiger partial charge in [0.2, 0.25) is 0 Å². The van der Waals surface area contributed by atoms with Crippen molar-refractivity contribution < 1.29 is 0 Å². The number of nitrogens with zero attached hydrogens (tertiary/aromatic N) is 1. The molecule has 4 heteroatoms. The number of aromatic amines is 1. The molecule has 2 aromatic rings. The third-order valence-corrected chi connectivity index (χ3v) is 3.59. The van der Waals surface area contributed by atoms with Gasteiger partial charge in [-0.15, -0.1) is 0 Å². The number of aryl methyl sites for hydroxylation is 1. The van der Waals surface area contributed by atoms with Crippen LogP contribution < -0.4 is 11.0 Å². The highest BCUT2D eigenvalue weighted by Crippen LogP contribution is 2.29. The standard InChI is InChI=1S/C15H17N3O/c1-10-6-2-3-7-11(10)13-12-8-4-5-9-16-14(12)18-15(19)17-13/h2-3,6-7H,4-5,8-9H2,1H3,(H2,16,17,18,19). The van der Waals surface area contributed by atoms with Crippen LogP contribution >= 0.6 is 0 Å². The molecule has 0 saturated carbocycles. The lowest BCUT2D eigenvalue weighted by atomic mass is 9.99. The Labute approximate surface area is 111 Å². The summed E-state index contributed by atoms with van der Waals surface area (Å²) in [6.07, 6.45) is 3.18. The third kappa shape index (κ3) is 2.26. The predicted octanol–water partition coefficient (Wildman–Crippen LogP) is 2.49. The van der Waals surface area contributed by atoms with Gasteiger partial charge in [-0.1, -0.05) is 24.3 Å². The van der Waals surface area contributed by atoms with Crippen LogP contribution in [0, 0.1) is 6.92 Å². The molecular weight excluding hydrogens is 238 g/mol. The first-order chi connectivity index (χ1) is 9.25. The highest BCUT2D eigenvalue weighted by atomic mass is 16.1. The zero-order chi connectivity index (χ0) is 13.2. The van der Waals surface area contributed by atoms with Gasteiger partial charge in [0.15, 0.2) is 0 Å². The van der Waals surface area contributed by atoms with Crippen LogP contribution in [-0.4, -0.2) is 16.5 Å². The third-order valence-electron chi connectivity index (χ3n) is 3.59. The molecule has 0 fully saturated rings. The van der Waals surface area contributed by atoms with Gasteiger partial charge in [0, 0.05) is 17.7 Å². The van der Waals surface area contributed by atoms with Crippen LogP contribution in [0.5, 0.6) is 0 Å². The first-order valence-electron chi connectivity index (χ1n) is 6.69. The highest BCUT2D eigenvalue weighted by molar-refractivity contribution is 5.71. The molecule has 0 radical (unpaired) electrons. The Morgan fingerprint density at radius 1 is 1.21 bits per heavy atom. The van der Waals surface area contributed by atoms with Crippen LogP contribution in [0.25, 0.3) is 11.3 Å². The van der Waals surface area contributed by atoms with E-state index in [1.54, 1.807) is 0 Å². The Kier molecular flexibility index (Phi) is 3.07. The maximum atomic E-state index is 11.8. The molecule has 0 bridgehead atoms. The van der Waals surface area contributed by atoms with Crippen LogP contribution in [0.1, 0.15) is 24.0 Å². The van der Waals surface area contributed by atoms with Crippen molar-refractivity contribution in [3.63, 3.8) is 0 Å². The second-order valence-corrected chi connectivity index (χ2v) is 4.94. The van der Waals surface area contributed by atoms with Gasteiger partial charge in [-0.2, -0.15) is 4.98 Å². The van der Waals surface area contributed by atoms with Crippen molar-refractivity contribution in [3.8, 4) is 11.3 Å². The molecule has 0 saturated heterocycles. The van der Waals surface area contributed by atoms with Crippen LogP contribution in [0.3, 0.4) is 0 Å². The normalized spacial score (nSPS) is 14.4. The summed E-state index contributed by atoms with van der Waals surface area (Å²) in [7, 11) is 0. The molecule has 1 aromatic carbocycles. The molecule has 1 aliphatic heterocycles. The Hall–Kier alpha value is -2.10. The SMILES string of the molecule is Cc1ccccc1-c1[nH]c(=O)nc2c1CCCCN2. The fourth-order valence-corrected chi connectivity index (χ4v) is 2.60. The minimum absolute atomic E-state index is 0.286. The fraction of sp³-hybridized carbons (Fsp3) is 0.333. The van der Waals surface area contributed by atoms with Crippen molar-refractivity contribution in [2.75, 3.05) is 11.9 Å². The second-order valence-electron chi connectivity index (χ2n) is 4.94. The number of hydrogen-bond donors (Lipinski definition) is 2. The lowest BCUT2D eigenvalue weighted by molar-refractivity contribution is 0.784. The minimum Gasteiger partial charge on any atom is -0.370 e. The monoisotopic (exact) mass is 255 g/mol. The van der Waals surface area contributed by atoms with E-state index in [2.05, 4.69) is 28.3 Å². The van der Waals surface area contributed by atoms with Gasteiger partial charge in [0.05, 0.1) is 5.69 Å². The van der Waals surface area contributed by atoms with Crippen molar-refractivity contribution in [2.24, 2.45) is 0 Å². The van der Waals surface area contributed by atoms with E-state index in [9.17, 15) is 4.79 Å². The van der Waals surface area contributed by atoms with Gasteiger partial charge >= 0.3 is 5.69 Å². The number of nitrogens with one attached hydrogen (secondary N) is 2. The van der Waals surface area contributed by atoms with Crippen LogP contribution in [-0.2, 0) is 6.42 Å². The molecule has 4 nitrogen and oxygen atoms in total. The topological polar surface area (TPSA) is 57.8 Å². The second kappa shape index (κ2) is 4.88. The van der Waals surface area contributed by atoms with E-state index in [0.717, 1.165) is 54.0 Å². The Morgan fingerprint density at radius 2 is 2.05 bits per heavy atom. The first-order valence-corrected chi connectivity index (χ1v) is 6.69. The van der Waals surface area contributed by atoms with Crippen LogP contribution in [0.4, 0.5) is 5.82 Å². The predicted molar refractivity (Wildman–Crippen MR) is 76.5 cm³/mol. The molecule has 0 aliphatic carbocycles. The maximum absolute atomic E-state index is 11.8. The molecule has 0 spiro atoms. The summed E-state index contributed by atoms with van der Waals surface area (Å²) in [5, 5.41) is 3.26. The molecule has 19 heavy (non-hydrogen) atoms. The number of hydrogen-bond acceptors (Lipinski definition) is 3. The fourth-order valence-electron chi connectivity index (χ4n) is 2.60. The zero-order valence-electron chi connectivity index (χ0n) is 11.0. The average Bonchev–Trinajstić information content (AvgIpc) is 2.63. The molecular formula is C15H17N3O. The van der Waals surface area contributed by atoms with Gasteiger partial charge in [0.1, 0.15) is 5.82 Å². The van der Waals surface area contributed by atoms with Crippen molar-refractivity contribution >= 4 is 5.82 Å². The van der Waals surface area contributed by atoms with Crippen molar-refractivity contribution in [3.05, 3.63) is 45.9 Å². The molecule has 0 atom stereocenters. The largest absolute Gasteiger partial charge is 0.370 e. The molecule has 2 N–H and O–H groups in total. The summed E-state index contributed by atoms with van der Waals surface area (Å²) in [6, 6.07) is 8.11. The number of fused-ring (bicyclic) bond motifs is 1. The number of benzene rings is 1. The van der Waals surface area contributed by atoms with Crippen LogP contribution in [0.2, 0.25) is 0 Å². The Balaban J connectivity index is 2.24. The van der Waals surface area contributed by atoms with E-state index >= 15 is 0 Å².